The molecule has 2 rings (SSSR count). The van der Waals surface area contributed by atoms with E-state index in [1.165, 1.54) is 0 Å². The fraction of sp³-hybridized carbons (Fsp3) is 0.889. The SMILES string of the molecule is O=C(O)C1(C2(O)CCSC2)CCSC1. The predicted molar refractivity (Wildman–Crippen MR) is 58.9 cm³/mol. The summed E-state index contributed by atoms with van der Waals surface area (Å²) in [5, 5.41) is 19.7. The van der Waals surface area contributed by atoms with Gasteiger partial charge in [-0.1, -0.05) is 0 Å². The van der Waals surface area contributed by atoms with Crippen molar-refractivity contribution in [3.8, 4) is 0 Å². The molecule has 2 atom stereocenters. The minimum atomic E-state index is -0.965. The first-order chi connectivity index (χ1) is 6.61. The van der Waals surface area contributed by atoms with E-state index in [0.717, 1.165) is 11.5 Å². The second kappa shape index (κ2) is 3.61. The van der Waals surface area contributed by atoms with Crippen LogP contribution in [-0.4, -0.2) is 44.8 Å². The van der Waals surface area contributed by atoms with Crippen LogP contribution in [0.25, 0.3) is 0 Å². The van der Waals surface area contributed by atoms with Gasteiger partial charge < -0.3 is 10.2 Å². The van der Waals surface area contributed by atoms with E-state index in [4.69, 9.17) is 0 Å². The molecule has 0 aliphatic carbocycles. The van der Waals surface area contributed by atoms with Crippen LogP contribution in [0.15, 0.2) is 0 Å². The Bertz CT molecular complexity index is 242. The van der Waals surface area contributed by atoms with Gasteiger partial charge in [-0.05, 0) is 24.3 Å². The number of carboxylic acids is 1. The second-order valence-electron chi connectivity index (χ2n) is 4.02. The zero-order valence-electron chi connectivity index (χ0n) is 7.86. The number of rotatable bonds is 2. The summed E-state index contributed by atoms with van der Waals surface area (Å²) in [5.41, 5.74) is -1.84. The Morgan fingerprint density at radius 3 is 2.21 bits per heavy atom. The summed E-state index contributed by atoms with van der Waals surface area (Å²) in [7, 11) is 0. The van der Waals surface area contributed by atoms with Gasteiger partial charge in [-0.3, -0.25) is 4.79 Å². The summed E-state index contributed by atoms with van der Waals surface area (Å²) in [4.78, 5) is 11.3. The van der Waals surface area contributed by atoms with Crippen LogP contribution >= 0.6 is 23.5 Å². The van der Waals surface area contributed by atoms with Gasteiger partial charge in [-0.2, -0.15) is 23.5 Å². The lowest BCUT2D eigenvalue weighted by Gasteiger charge is -2.38. The Balaban J connectivity index is 2.30. The third-order valence-corrected chi connectivity index (χ3v) is 5.69. The molecule has 80 valence electrons. The first-order valence-corrected chi connectivity index (χ1v) is 7.03. The highest BCUT2D eigenvalue weighted by Gasteiger charge is 2.58. The maximum absolute atomic E-state index is 11.3. The van der Waals surface area contributed by atoms with Crippen LogP contribution in [0.1, 0.15) is 12.8 Å². The summed E-state index contributed by atoms with van der Waals surface area (Å²) in [6.07, 6.45) is 1.24. The molecule has 5 heteroatoms. The first-order valence-electron chi connectivity index (χ1n) is 4.72. The van der Waals surface area contributed by atoms with Crippen LogP contribution in [0, 0.1) is 5.41 Å². The molecule has 0 aromatic heterocycles. The van der Waals surface area contributed by atoms with E-state index in [1.54, 1.807) is 23.5 Å². The van der Waals surface area contributed by atoms with Crippen molar-refractivity contribution >= 4 is 29.5 Å². The number of thioether (sulfide) groups is 2. The van der Waals surface area contributed by atoms with E-state index in [0.29, 0.717) is 24.3 Å². The van der Waals surface area contributed by atoms with E-state index < -0.39 is 17.0 Å². The molecular formula is C9H14O3S2. The summed E-state index contributed by atoms with van der Waals surface area (Å²) < 4.78 is 0. The van der Waals surface area contributed by atoms with Crippen molar-refractivity contribution in [2.75, 3.05) is 23.0 Å². The second-order valence-corrected chi connectivity index (χ2v) is 6.23. The van der Waals surface area contributed by atoms with Crippen molar-refractivity contribution in [1.82, 2.24) is 0 Å². The average molecular weight is 234 g/mol. The van der Waals surface area contributed by atoms with Gasteiger partial charge in [0.05, 0.1) is 5.60 Å². The molecule has 0 saturated carbocycles. The number of hydrogen-bond donors (Lipinski definition) is 2. The molecule has 2 fully saturated rings. The molecular weight excluding hydrogens is 220 g/mol. The molecule has 0 aromatic carbocycles. The molecule has 0 aromatic rings. The molecule has 0 amide bonds. The van der Waals surface area contributed by atoms with Crippen molar-refractivity contribution < 1.29 is 15.0 Å². The van der Waals surface area contributed by atoms with E-state index in [1.807, 2.05) is 0 Å². The Morgan fingerprint density at radius 2 is 1.79 bits per heavy atom. The standard InChI is InChI=1S/C9H14O3S2/c10-7(11)8(1-3-13-5-8)9(12)2-4-14-6-9/h12H,1-6H2,(H,10,11). The first kappa shape index (κ1) is 10.6. The van der Waals surface area contributed by atoms with Crippen LogP contribution in [0.3, 0.4) is 0 Å². The van der Waals surface area contributed by atoms with Crippen molar-refractivity contribution in [3.63, 3.8) is 0 Å². The molecule has 14 heavy (non-hydrogen) atoms. The number of carboxylic acid groups (broad SMARTS) is 1. The smallest absolute Gasteiger partial charge is 0.313 e. The Labute approximate surface area is 91.6 Å². The third-order valence-electron chi connectivity index (χ3n) is 3.32. The highest BCUT2D eigenvalue weighted by Crippen LogP contribution is 2.50. The summed E-state index contributed by atoms with van der Waals surface area (Å²) in [6.45, 7) is 0. The molecule has 0 spiro atoms. The molecule has 2 N–H and O–H groups in total. The van der Waals surface area contributed by atoms with E-state index in [-0.39, 0.29) is 0 Å². The number of aliphatic carboxylic acids is 1. The van der Waals surface area contributed by atoms with Crippen molar-refractivity contribution in [1.29, 1.82) is 0 Å². The van der Waals surface area contributed by atoms with Crippen LogP contribution < -0.4 is 0 Å². The molecule has 0 radical (unpaired) electrons. The van der Waals surface area contributed by atoms with Gasteiger partial charge in [0.1, 0.15) is 5.41 Å². The molecule has 2 saturated heterocycles. The lowest BCUT2D eigenvalue weighted by atomic mass is 9.71. The summed E-state index contributed by atoms with van der Waals surface area (Å²) in [5.74, 6) is 2.09. The summed E-state index contributed by atoms with van der Waals surface area (Å²) in [6, 6.07) is 0. The van der Waals surface area contributed by atoms with Gasteiger partial charge in [0.2, 0.25) is 0 Å². The average Bonchev–Trinajstić information content (AvgIpc) is 2.72. The van der Waals surface area contributed by atoms with Crippen molar-refractivity contribution in [2.24, 2.45) is 5.41 Å². The van der Waals surface area contributed by atoms with Gasteiger partial charge in [0.25, 0.3) is 0 Å². The van der Waals surface area contributed by atoms with Crippen molar-refractivity contribution in [3.05, 3.63) is 0 Å². The van der Waals surface area contributed by atoms with Gasteiger partial charge in [0, 0.05) is 11.5 Å². The fourth-order valence-electron chi connectivity index (χ4n) is 2.23. The topological polar surface area (TPSA) is 57.5 Å². The highest BCUT2D eigenvalue weighted by atomic mass is 32.2. The van der Waals surface area contributed by atoms with Crippen molar-refractivity contribution in [2.45, 2.75) is 18.4 Å². The zero-order chi connectivity index (χ0) is 10.2. The van der Waals surface area contributed by atoms with E-state index in [9.17, 15) is 15.0 Å². The van der Waals surface area contributed by atoms with Gasteiger partial charge in [-0.15, -0.1) is 0 Å². The van der Waals surface area contributed by atoms with Crippen LogP contribution in [0.5, 0.6) is 0 Å². The van der Waals surface area contributed by atoms with Gasteiger partial charge in [-0.25, -0.2) is 0 Å². The number of hydrogen-bond acceptors (Lipinski definition) is 4. The molecule has 0 bridgehead atoms. The molecule has 2 aliphatic rings. The molecule has 2 heterocycles. The third kappa shape index (κ3) is 1.37. The lowest BCUT2D eigenvalue weighted by molar-refractivity contribution is -0.162. The number of carbonyl (C=O) groups is 1. The predicted octanol–water partition coefficient (Wildman–Crippen LogP) is 1.06. The molecule has 2 unspecified atom stereocenters. The minimum absolute atomic E-state index is 0.569. The van der Waals surface area contributed by atoms with Gasteiger partial charge in [0.15, 0.2) is 0 Å². The quantitative estimate of drug-likeness (QED) is 0.748. The summed E-state index contributed by atoms with van der Waals surface area (Å²) >= 11 is 3.31. The monoisotopic (exact) mass is 234 g/mol. The van der Waals surface area contributed by atoms with Crippen LogP contribution in [0.2, 0.25) is 0 Å². The Kier molecular flexibility index (Phi) is 2.74. The maximum atomic E-state index is 11.3. The number of aliphatic hydroxyl groups is 1. The Morgan fingerprint density at radius 1 is 1.14 bits per heavy atom. The van der Waals surface area contributed by atoms with Crippen LogP contribution in [-0.2, 0) is 4.79 Å². The molecule has 2 aliphatic heterocycles. The minimum Gasteiger partial charge on any atom is -0.481 e. The van der Waals surface area contributed by atoms with Gasteiger partial charge >= 0.3 is 5.97 Å². The molecule has 3 nitrogen and oxygen atoms in total. The normalized spacial score (nSPS) is 42.9. The zero-order valence-corrected chi connectivity index (χ0v) is 9.49. The van der Waals surface area contributed by atoms with Crippen LogP contribution in [0.4, 0.5) is 0 Å². The maximum Gasteiger partial charge on any atom is 0.313 e. The van der Waals surface area contributed by atoms with E-state index in [2.05, 4.69) is 0 Å². The highest BCUT2D eigenvalue weighted by molar-refractivity contribution is 8.00. The van der Waals surface area contributed by atoms with E-state index >= 15 is 0 Å². The lowest BCUT2D eigenvalue weighted by Crippen LogP contribution is -2.53. The largest absolute Gasteiger partial charge is 0.481 e. The fourth-order valence-corrected chi connectivity index (χ4v) is 5.14. The Hall–Kier alpha value is 0.130.